The molecule has 1 aromatic carbocycles. The topological polar surface area (TPSA) is 41.5 Å². The van der Waals surface area contributed by atoms with Crippen LogP contribution >= 0.6 is 0 Å². The van der Waals surface area contributed by atoms with Crippen LogP contribution in [0.2, 0.25) is 0 Å². The summed E-state index contributed by atoms with van der Waals surface area (Å²) in [6.45, 7) is 2.67. The van der Waals surface area contributed by atoms with Crippen LogP contribution in [0.4, 0.5) is 0 Å². The lowest BCUT2D eigenvalue weighted by molar-refractivity contribution is 0.151. The Kier molecular flexibility index (Phi) is 4.43. The summed E-state index contributed by atoms with van der Waals surface area (Å²) in [5.41, 5.74) is 3.36. The standard InChI is InChI=1S/C11H17NO2/c1-9(8-12-13)7-10-5-3-4-6-11(10)14-2/h3-6,9,12-13H,7-8H2,1-2H3. The lowest BCUT2D eigenvalue weighted by Gasteiger charge is -2.12. The fraction of sp³-hybridized carbons (Fsp3) is 0.455. The van der Waals surface area contributed by atoms with Crippen LogP contribution < -0.4 is 10.2 Å². The SMILES string of the molecule is COc1ccccc1CC(C)CNO. The van der Waals surface area contributed by atoms with Crippen molar-refractivity contribution in [1.29, 1.82) is 0 Å². The van der Waals surface area contributed by atoms with E-state index in [9.17, 15) is 0 Å². The number of hydrogen-bond acceptors (Lipinski definition) is 3. The Hall–Kier alpha value is -1.06. The van der Waals surface area contributed by atoms with Gasteiger partial charge in [0, 0.05) is 6.54 Å². The van der Waals surface area contributed by atoms with Gasteiger partial charge in [0.05, 0.1) is 7.11 Å². The minimum atomic E-state index is 0.385. The van der Waals surface area contributed by atoms with Crippen LogP contribution in [0.25, 0.3) is 0 Å². The normalized spacial score (nSPS) is 12.5. The van der Waals surface area contributed by atoms with Crippen molar-refractivity contribution < 1.29 is 9.94 Å². The van der Waals surface area contributed by atoms with Crippen molar-refractivity contribution in [2.45, 2.75) is 13.3 Å². The Balaban J connectivity index is 2.65. The number of nitrogens with one attached hydrogen (secondary N) is 1. The number of benzene rings is 1. The quantitative estimate of drug-likeness (QED) is 0.704. The van der Waals surface area contributed by atoms with Gasteiger partial charge in [-0.3, -0.25) is 0 Å². The van der Waals surface area contributed by atoms with Gasteiger partial charge < -0.3 is 9.94 Å². The van der Waals surface area contributed by atoms with Crippen molar-refractivity contribution in [2.24, 2.45) is 5.92 Å². The largest absolute Gasteiger partial charge is 0.496 e. The van der Waals surface area contributed by atoms with Gasteiger partial charge in [0.15, 0.2) is 0 Å². The molecule has 14 heavy (non-hydrogen) atoms. The fourth-order valence-electron chi connectivity index (χ4n) is 1.48. The zero-order valence-corrected chi connectivity index (χ0v) is 8.66. The van der Waals surface area contributed by atoms with Crippen LogP contribution in [0.1, 0.15) is 12.5 Å². The van der Waals surface area contributed by atoms with Crippen molar-refractivity contribution >= 4 is 0 Å². The highest BCUT2D eigenvalue weighted by Gasteiger charge is 2.06. The molecule has 0 aliphatic heterocycles. The molecule has 0 aromatic heterocycles. The summed E-state index contributed by atoms with van der Waals surface area (Å²) in [4.78, 5) is 0. The van der Waals surface area contributed by atoms with Crippen molar-refractivity contribution in [3.63, 3.8) is 0 Å². The van der Waals surface area contributed by atoms with Crippen LogP contribution in [0.5, 0.6) is 5.75 Å². The van der Waals surface area contributed by atoms with E-state index >= 15 is 0 Å². The van der Waals surface area contributed by atoms with Gasteiger partial charge in [-0.15, -0.1) is 0 Å². The van der Waals surface area contributed by atoms with E-state index in [-0.39, 0.29) is 0 Å². The van der Waals surface area contributed by atoms with Gasteiger partial charge in [-0.2, -0.15) is 0 Å². The average Bonchev–Trinajstić information content (AvgIpc) is 2.19. The molecule has 0 bridgehead atoms. The number of rotatable bonds is 5. The molecule has 1 rings (SSSR count). The van der Waals surface area contributed by atoms with E-state index in [0.717, 1.165) is 12.2 Å². The summed E-state index contributed by atoms with van der Waals surface area (Å²) < 4.78 is 5.24. The zero-order valence-electron chi connectivity index (χ0n) is 8.66. The van der Waals surface area contributed by atoms with Crippen LogP contribution in [0.15, 0.2) is 24.3 Å². The first-order valence-electron chi connectivity index (χ1n) is 4.76. The van der Waals surface area contributed by atoms with Gasteiger partial charge in [-0.25, -0.2) is 5.48 Å². The zero-order chi connectivity index (χ0) is 10.4. The van der Waals surface area contributed by atoms with E-state index in [1.54, 1.807) is 7.11 Å². The number of methoxy groups -OCH3 is 1. The molecule has 1 unspecified atom stereocenters. The van der Waals surface area contributed by atoms with E-state index in [1.807, 2.05) is 24.3 Å². The van der Waals surface area contributed by atoms with Gasteiger partial charge in [-0.05, 0) is 24.0 Å². The Morgan fingerprint density at radius 3 is 2.79 bits per heavy atom. The highest BCUT2D eigenvalue weighted by Crippen LogP contribution is 2.20. The minimum absolute atomic E-state index is 0.385. The molecule has 3 heteroatoms. The van der Waals surface area contributed by atoms with Crippen LogP contribution in [-0.4, -0.2) is 18.9 Å². The van der Waals surface area contributed by atoms with Gasteiger partial charge in [0.1, 0.15) is 5.75 Å². The molecule has 1 aromatic rings. The Bertz CT molecular complexity index is 276. The monoisotopic (exact) mass is 195 g/mol. The molecular weight excluding hydrogens is 178 g/mol. The number of para-hydroxylation sites is 1. The molecule has 0 saturated heterocycles. The molecular formula is C11H17NO2. The third kappa shape index (κ3) is 3.01. The number of hydroxylamine groups is 1. The molecule has 0 aliphatic carbocycles. The van der Waals surface area contributed by atoms with Gasteiger partial charge >= 0.3 is 0 Å². The van der Waals surface area contributed by atoms with Crippen molar-refractivity contribution in [1.82, 2.24) is 5.48 Å². The number of hydrogen-bond donors (Lipinski definition) is 2. The van der Waals surface area contributed by atoms with E-state index in [4.69, 9.17) is 9.94 Å². The third-order valence-electron chi connectivity index (χ3n) is 2.20. The summed E-state index contributed by atoms with van der Waals surface area (Å²) in [5.74, 6) is 1.30. The highest BCUT2D eigenvalue weighted by atomic mass is 16.5. The molecule has 1 atom stereocenters. The lowest BCUT2D eigenvalue weighted by atomic mass is 10.0. The second-order valence-corrected chi connectivity index (χ2v) is 3.48. The van der Waals surface area contributed by atoms with Crippen molar-refractivity contribution in [3.8, 4) is 5.75 Å². The summed E-state index contributed by atoms with van der Waals surface area (Å²) in [5, 5.41) is 8.56. The first-order valence-corrected chi connectivity index (χ1v) is 4.76. The van der Waals surface area contributed by atoms with Crippen molar-refractivity contribution in [2.75, 3.05) is 13.7 Å². The molecule has 0 saturated carbocycles. The maximum absolute atomic E-state index is 8.56. The summed E-state index contributed by atoms with van der Waals surface area (Å²) >= 11 is 0. The lowest BCUT2D eigenvalue weighted by Crippen LogP contribution is -2.18. The van der Waals surface area contributed by atoms with E-state index in [2.05, 4.69) is 12.4 Å². The Morgan fingerprint density at radius 2 is 2.14 bits per heavy atom. The first-order chi connectivity index (χ1) is 6.77. The molecule has 0 fully saturated rings. The molecule has 2 N–H and O–H groups in total. The smallest absolute Gasteiger partial charge is 0.122 e. The minimum Gasteiger partial charge on any atom is -0.496 e. The molecule has 0 spiro atoms. The van der Waals surface area contributed by atoms with Crippen molar-refractivity contribution in [3.05, 3.63) is 29.8 Å². The fourth-order valence-corrected chi connectivity index (χ4v) is 1.48. The molecule has 0 aliphatic rings. The maximum atomic E-state index is 8.56. The van der Waals surface area contributed by atoms with E-state index in [0.29, 0.717) is 12.5 Å². The molecule has 0 heterocycles. The molecule has 78 valence electrons. The Morgan fingerprint density at radius 1 is 1.43 bits per heavy atom. The van der Waals surface area contributed by atoms with Crippen LogP contribution in [-0.2, 0) is 6.42 Å². The number of ether oxygens (including phenoxy) is 1. The van der Waals surface area contributed by atoms with E-state index in [1.165, 1.54) is 5.56 Å². The molecule has 0 amide bonds. The summed E-state index contributed by atoms with van der Waals surface area (Å²) in [7, 11) is 1.67. The molecule has 3 nitrogen and oxygen atoms in total. The van der Waals surface area contributed by atoms with Gasteiger partial charge in [0.25, 0.3) is 0 Å². The molecule has 0 radical (unpaired) electrons. The van der Waals surface area contributed by atoms with Gasteiger partial charge in [-0.1, -0.05) is 25.1 Å². The second-order valence-electron chi connectivity index (χ2n) is 3.48. The van der Waals surface area contributed by atoms with Crippen LogP contribution in [0, 0.1) is 5.92 Å². The second kappa shape index (κ2) is 5.62. The van der Waals surface area contributed by atoms with Crippen LogP contribution in [0.3, 0.4) is 0 Å². The average molecular weight is 195 g/mol. The van der Waals surface area contributed by atoms with E-state index < -0.39 is 0 Å². The summed E-state index contributed by atoms with van der Waals surface area (Å²) in [6, 6.07) is 7.95. The maximum Gasteiger partial charge on any atom is 0.122 e. The predicted molar refractivity (Wildman–Crippen MR) is 55.7 cm³/mol. The third-order valence-corrected chi connectivity index (χ3v) is 2.20. The summed E-state index contributed by atoms with van der Waals surface area (Å²) in [6.07, 6.45) is 0.900. The van der Waals surface area contributed by atoms with Gasteiger partial charge in [0.2, 0.25) is 0 Å². The Labute approximate surface area is 84.7 Å². The predicted octanol–water partition coefficient (Wildman–Crippen LogP) is 1.85. The highest BCUT2D eigenvalue weighted by molar-refractivity contribution is 5.33. The first kappa shape index (κ1) is 11.0.